The van der Waals surface area contributed by atoms with Gasteiger partial charge in [0.2, 0.25) is 0 Å². The van der Waals surface area contributed by atoms with Crippen LogP contribution in [0.1, 0.15) is 39.0 Å². The lowest BCUT2D eigenvalue weighted by Crippen LogP contribution is -2.52. The van der Waals surface area contributed by atoms with Crippen LogP contribution in [0, 0.1) is 5.92 Å². The van der Waals surface area contributed by atoms with E-state index in [1.165, 1.54) is 12.8 Å². The van der Waals surface area contributed by atoms with Crippen molar-refractivity contribution in [3.8, 4) is 0 Å². The molecule has 2 atom stereocenters. The predicted molar refractivity (Wildman–Crippen MR) is 77.6 cm³/mol. The van der Waals surface area contributed by atoms with Gasteiger partial charge in [0.1, 0.15) is 6.04 Å². The first-order chi connectivity index (χ1) is 9.61. The van der Waals surface area contributed by atoms with Crippen molar-refractivity contribution in [1.82, 2.24) is 9.80 Å². The van der Waals surface area contributed by atoms with Gasteiger partial charge in [-0.1, -0.05) is 6.92 Å². The van der Waals surface area contributed by atoms with E-state index in [-0.39, 0.29) is 11.4 Å². The minimum atomic E-state index is -0.871. The maximum Gasteiger partial charge on any atom is 0.327 e. The van der Waals surface area contributed by atoms with Gasteiger partial charge in [0, 0.05) is 18.3 Å². The van der Waals surface area contributed by atoms with Gasteiger partial charge in [-0.2, -0.15) is 0 Å². The van der Waals surface area contributed by atoms with Crippen molar-refractivity contribution in [3.05, 3.63) is 0 Å². The van der Waals surface area contributed by atoms with Gasteiger partial charge in [0.15, 0.2) is 0 Å². The van der Waals surface area contributed by atoms with E-state index in [1.807, 2.05) is 11.8 Å². The molecule has 0 aromatic rings. The molecule has 0 spiro atoms. The van der Waals surface area contributed by atoms with Gasteiger partial charge < -0.3 is 10.0 Å². The fraction of sp³-hybridized carbons (Fsp3) is 0.857. The summed E-state index contributed by atoms with van der Waals surface area (Å²) in [5, 5.41) is 9.37. The van der Waals surface area contributed by atoms with Crippen molar-refractivity contribution in [1.29, 1.82) is 0 Å². The highest BCUT2D eigenvalue weighted by atomic mass is 32.2. The van der Waals surface area contributed by atoms with E-state index in [1.54, 1.807) is 16.7 Å². The third-order valence-electron chi connectivity index (χ3n) is 4.33. The Labute approximate surface area is 123 Å². The second-order valence-electron chi connectivity index (χ2n) is 6.07. The van der Waals surface area contributed by atoms with E-state index in [9.17, 15) is 14.7 Å². The van der Waals surface area contributed by atoms with Crippen LogP contribution in [0.3, 0.4) is 0 Å². The number of urea groups is 1. The Bertz CT molecular complexity index is 409. The van der Waals surface area contributed by atoms with E-state index in [2.05, 4.69) is 0 Å². The monoisotopic (exact) mass is 298 g/mol. The van der Waals surface area contributed by atoms with Gasteiger partial charge in [-0.15, -0.1) is 11.8 Å². The fourth-order valence-corrected chi connectivity index (χ4v) is 4.16. The van der Waals surface area contributed by atoms with Crippen LogP contribution in [0.25, 0.3) is 0 Å². The minimum Gasteiger partial charge on any atom is -0.480 e. The molecule has 0 bridgehead atoms. The summed E-state index contributed by atoms with van der Waals surface area (Å²) in [7, 11) is 0. The molecule has 2 saturated carbocycles. The number of hydrogen-bond acceptors (Lipinski definition) is 3. The van der Waals surface area contributed by atoms with Crippen molar-refractivity contribution in [2.75, 3.05) is 12.3 Å². The smallest absolute Gasteiger partial charge is 0.327 e. The molecule has 3 fully saturated rings. The normalized spacial score (nSPS) is 29.6. The average Bonchev–Trinajstić information content (AvgIpc) is 3.32. The van der Waals surface area contributed by atoms with E-state index < -0.39 is 12.0 Å². The zero-order valence-electron chi connectivity index (χ0n) is 11.8. The number of thioether (sulfide) groups is 1. The molecule has 1 aliphatic heterocycles. The van der Waals surface area contributed by atoms with Gasteiger partial charge in [-0.25, -0.2) is 9.59 Å². The van der Waals surface area contributed by atoms with Crippen molar-refractivity contribution in [2.45, 2.75) is 56.5 Å². The lowest BCUT2D eigenvalue weighted by Gasteiger charge is -2.33. The van der Waals surface area contributed by atoms with Crippen molar-refractivity contribution in [3.63, 3.8) is 0 Å². The third kappa shape index (κ3) is 2.75. The minimum absolute atomic E-state index is 0.0176. The van der Waals surface area contributed by atoms with Crippen LogP contribution in [-0.4, -0.2) is 56.7 Å². The van der Waals surface area contributed by atoms with E-state index in [0.717, 1.165) is 25.8 Å². The molecule has 5 nitrogen and oxygen atoms in total. The molecular weight excluding hydrogens is 276 g/mol. The molecule has 3 rings (SSSR count). The van der Waals surface area contributed by atoms with Crippen molar-refractivity contribution in [2.24, 2.45) is 5.92 Å². The number of carboxylic acid groups (broad SMARTS) is 1. The lowest BCUT2D eigenvalue weighted by molar-refractivity contribution is -0.141. The van der Waals surface area contributed by atoms with Gasteiger partial charge in [-0.05, 0) is 38.0 Å². The first-order valence-electron chi connectivity index (χ1n) is 7.55. The predicted octanol–water partition coefficient (Wildman–Crippen LogP) is 2.22. The summed E-state index contributed by atoms with van der Waals surface area (Å²) in [6.45, 7) is 2.85. The Morgan fingerprint density at radius 3 is 2.50 bits per heavy atom. The molecule has 0 aromatic heterocycles. The number of aliphatic carboxylic acids is 1. The fourth-order valence-electron chi connectivity index (χ4n) is 2.82. The Balaban J connectivity index is 1.75. The highest BCUT2D eigenvalue weighted by Crippen LogP contribution is 2.38. The molecule has 2 amide bonds. The molecular formula is C14H22N2O3S. The molecule has 2 unspecified atom stereocenters. The largest absolute Gasteiger partial charge is 0.480 e. The summed E-state index contributed by atoms with van der Waals surface area (Å²) in [5.74, 6) is 0.295. The topological polar surface area (TPSA) is 60.9 Å². The van der Waals surface area contributed by atoms with Crippen LogP contribution in [0.4, 0.5) is 4.79 Å². The van der Waals surface area contributed by atoms with E-state index >= 15 is 0 Å². The van der Waals surface area contributed by atoms with E-state index in [4.69, 9.17) is 0 Å². The Hall–Kier alpha value is -0.910. The molecule has 1 N–H and O–H groups in total. The summed E-state index contributed by atoms with van der Waals surface area (Å²) in [4.78, 5) is 27.8. The third-order valence-corrected chi connectivity index (χ3v) is 5.79. The van der Waals surface area contributed by atoms with Gasteiger partial charge in [-0.3, -0.25) is 4.90 Å². The first-order valence-corrected chi connectivity index (χ1v) is 8.60. The van der Waals surface area contributed by atoms with Crippen LogP contribution < -0.4 is 0 Å². The number of carbonyl (C=O) groups is 2. The molecule has 6 heteroatoms. The van der Waals surface area contributed by atoms with Gasteiger partial charge >= 0.3 is 12.0 Å². The molecule has 112 valence electrons. The summed E-state index contributed by atoms with van der Waals surface area (Å²) in [6, 6.07) is -0.331. The lowest BCUT2D eigenvalue weighted by atomic mass is 10.2. The van der Waals surface area contributed by atoms with Gasteiger partial charge in [0.25, 0.3) is 0 Å². The van der Waals surface area contributed by atoms with Crippen molar-refractivity contribution < 1.29 is 14.7 Å². The Morgan fingerprint density at radius 1 is 1.30 bits per heavy atom. The molecule has 20 heavy (non-hydrogen) atoms. The van der Waals surface area contributed by atoms with Gasteiger partial charge in [0.05, 0.1) is 5.37 Å². The molecule has 3 aliphatic rings. The number of carboxylic acids is 1. The van der Waals surface area contributed by atoms with Crippen LogP contribution in [0.2, 0.25) is 0 Å². The average molecular weight is 298 g/mol. The Kier molecular flexibility index (Phi) is 3.84. The number of rotatable bonds is 5. The van der Waals surface area contributed by atoms with Crippen LogP contribution in [-0.2, 0) is 4.79 Å². The number of carbonyl (C=O) groups excluding carboxylic acids is 1. The molecule has 0 radical (unpaired) electrons. The first kappa shape index (κ1) is 14.0. The molecule has 1 heterocycles. The maximum absolute atomic E-state index is 12.8. The molecule has 1 saturated heterocycles. The van der Waals surface area contributed by atoms with Crippen molar-refractivity contribution >= 4 is 23.8 Å². The standard InChI is InChI=1S/C14H22N2O3S/c1-2-12-16(11(8-20-12)13(17)18)14(19)15(10-5-6-10)7-9-3-4-9/h9-12H,2-8H2,1H3,(H,17,18). The molecule has 0 aromatic carbocycles. The number of nitrogens with zero attached hydrogens (tertiary/aromatic N) is 2. The number of amides is 2. The quantitative estimate of drug-likeness (QED) is 0.845. The summed E-state index contributed by atoms with van der Waals surface area (Å²) >= 11 is 1.60. The van der Waals surface area contributed by atoms with Crippen LogP contribution in [0.15, 0.2) is 0 Å². The zero-order chi connectivity index (χ0) is 14.3. The number of hydrogen-bond donors (Lipinski definition) is 1. The SMILES string of the molecule is CCC1SCC(C(=O)O)N1C(=O)N(CC1CC1)C1CC1. The van der Waals surface area contributed by atoms with E-state index in [0.29, 0.717) is 17.7 Å². The zero-order valence-corrected chi connectivity index (χ0v) is 12.6. The highest BCUT2D eigenvalue weighted by Gasteiger charge is 2.46. The maximum atomic E-state index is 12.8. The Morgan fingerprint density at radius 2 is 2.00 bits per heavy atom. The highest BCUT2D eigenvalue weighted by molar-refractivity contribution is 8.00. The van der Waals surface area contributed by atoms with Crippen LogP contribution in [0.5, 0.6) is 0 Å². The summed E-state index contributed by atoms with van der Waals surface area (Å²) in [5.41, 5.74) is 0. The second-order valence-corrected chi connectivity index (χ2v) is 7.28. The molecule has 2 aliphatic carbocycles. The van der Waals surface area contributed by atoms with Crippen LogP contribution >= 0.6 is 11.8 Å². The summed E-state index contributed by atoms with van der Waals surface area (Å²) < 4.78 is 0. The second kappa shape index (κ2) is 5.47. The summed E-state index contributed by atoms with van der Waals surface area (Å²) in [6.07, 6.45) is 5.39.